The standard InChI is InChI=1S/C20H33FN4O4.HI/c1-5-22-18(23-11-6-12-24-19(27)29-20(2,3)4)25-13-16(26)14-28-17-9-7-15(21)8-10-17;/h7-10,16,26H,5-6,11-14H2,1-4H3,(H,24,27)(H2,22,23,25);1H. The Morgan fingerprint density at radius 1 is 1.17 bits per heavy atom. The van der Waals surface area contributed by atoms with Crippen LogP contribution in [-0.2, 0) is 4.74 Å². The molecule has 0 aromatic heterocycles. The molecule has 1 atom stereocenters. The highest BCUT2D eigenvalue weighted by Crippen LogP contribution is 2.11. The zero-order valence-corrected chi connectivity index (χ0v) is 20.4. The summed E-state index contributed by atoms with van der Waals surface area (Å²) in [5, 5.41) is 18.9. The monoisotopic (exact) mass is 540 g/mol. The lowest BCUT2D eigenvalue weighted by atomic mass is 10.2. The van der Waals surface area contributed by atoms with E-state index in [1.54, 1.807) is 0 Å². The highest BCUT2D eigenvalue weighted by molar-refractivity contribution is 14.0. The van der Waals surface area contributed by atoms with Crippen LogP contribution in [0.25, 0.3) is 0 Å². The van der Waals surface area contributed by atoms with E-state index in [9.17, 15) is 14.3 Å². The number of guanidine groups is 1. The van der Waals surface area contributed by atoms with Gasteiger partial charge in [-0.2, -0.15) is 0 Å². The Bertz CT molecular complexity index is 639. The number of ether oxygens (including phenoxy) is 2. The quantitative estimate of drug-likeness (QED) is 0.158. The van der Waals surface area contributed by atoms with Crippen LogP contribution in [0.4, 0.5) is 9.18 Å². The van der Waals surface area contributed by atoms with Crippen LogP contribution in [0, 0.1) is 5.82 Å². The molecule has 0 fully saturated rings. The predicted octanol–water partition coefficient (Wildman–Crippen LogP) is 2.65. The number of halogens is 2. The van der Waals surface area contributed by atoms with Crippen LogP contribution >= 0.6 is 24.0 Å². The van der Waals surface area contributed by atoms with Gasteiger partial charge >= 0.3 is 6.09 Å². The van der Waals surface area contributed by atoms with E-state index in [1.807, 2.05) is 27.7 Å². The highest BCUT2D eigenvalue weighted by atomic mass is 127. The van der Waals surface area contributed by atoms with Gasteiger partial charge in [-0.05, 0) is 58.4 Å². The smallest absolute Gasteiger partial charge is 0.407 e. The summed E-state index contributed by atoms with van der Waals surface area (Å²) in [7, 11) is 0. The molecule has 0 radical (unpaired) electrons. The maximum Gasteiger partial charge on any atom is 0.407 e. The minimum absolute atomic E-state index is 0. The zero-order chi connectivity index (χ0) is 21.7. The van der Waals surface area contributed by atoms with Crippen LogP contribution < -0.4 is 20.7 Å². The molecule has 0 spiro atoms. The highest BCUT2D eigenvalue weighted by Gasteiger charge is 2.15. The van der Waals surface area contributed by atoms with Gasteiger partial charge in [0.25, 0.3) is 0 Å². The molecule has 10 heteroatoms. The first-order valence-electron chi connectivity index (χ1n) is 9.75. The number of aliphatic hydroxyl groups is 1. The van der Waals surface area contributed by atoms with Crippen LogP contribution in [0.2, 0.25) is 0 Å². The van der Waals surface area contributed by atoms with E-state index in [4.69, 9.17) is 9.47 Å². The molecule has 4 N–H and O–H groups in total. The number of rotatable bonds is 10. The number of aliphatic hydroxyl groups excluding tert-OH is 1. The summed E-state index contributed by atoms with van der Waals surface area (Å²) in [6, 6.07) is 5.60. The molecule has 8 nitrogen and oxygen atoms in total. The molecule has 1 unspecified atom stereocenters. The van der Waals surface area contributed by atoms with Gasteiger partial charge in [-0.25, -0.2) is 9.18 Å². The van der Waals surface area contributed by atoms with Crippen LogP contribution in [-0.4, -0.2) is 61.7 Å². The molecule has 1 aromatic rings. The summed E-state index contributed by atoms with van der Waals surface area (Å²) in [5.74, 6) is 0.702. The number of nitrogens with one attached hydrogen (secondary N) is 3. The molecular formula is C20H34FIN4O4. The summed E-state index contributed by atoms with van der Waals surface area (Å²) >= 11 is 0. The Morgan fingerprint density at radius 2 is 1.80 bits per heavy atom. The molecule has 1 aromatic carbocycles. The van der Waals surface area contributed by atoms with Crippen LogP contribution in [0.15, 0.2) is 29.3 Å². The maximum absolute atomic E-state index is 12.9. The van der Waals surface area contributed by atoms with Crippen molar-refractivity contribution in [2.75, 3.05) is 32.8 Å². The number of alkyl carbamates (subject to hydrolysis) is 1. The molecule has 1 amide bonds. The number of aliphatic imine (C=N–C) groups is 1. The Kier molecular flexibility index (Phi) is 14.1. The van der Waals surface area contributed by atoms with Crippen molar-refractivity contribution in [1.29, 1.82) is 0 Å². The van der Waals surface area contributed by atoms with Crippen LogP contribution in [0.1, 0.15) is 34.1 Å². The summed E-state index contributed by atoms with van der Waals surface area (Å²) in [5.41, 5.74) is -0.519. The summed E-state index contributed by atoms with van der Waals surface area (Å²) in [6.45, 7) is 9.30. The first-order valence-corrected chi connectivity index (χ1v) is 9.75. The lowest BCUT2D eigenvalue weighted by Gasteiger charge is -2.19. The number of hydrogen-bond acceptors (Lipinski definition) is 5. The van der Waals surface area contributed by atoms with E-state index in [0.717, 1.165) is 0 Å². The van der Waals surface area contributed by atoms with E-state index in [0.29, 0.717) is 37.8 Å². The third-order valence-corrected chi connectivity index (χ3v) is 3.37. The van der Waals surface area contributed by atoms with E-state index >= 15 is 0 Å². The second-order valence-electron chi connectivity index (χ2n) is 7.35. The Hall–Kier alpha value is -1.82. The van der Waals surface area contributed by atoms with Crippen LogP contribution in [0.3, 0.4) is 0 Å². The summed E-state index contributed by atoms with van der Waals surface area (Å²) in [6.07, 6.45) is -0.563. The molecule has 0 aliphatic heterocycles. The Morgan fingerprint density at radius 3 is 2.40 bits per heavy atom. The van der Waals surface area contributed by atoms with Gasteiger partial charge in [0.2, 0.25) is 0 Å². The molecule has 0 saturated heterocycles. The lowest BCUT2D eigenvalue weighted by molar-refractivity contribution is 0.0527. The van der Waals surface area contributed by atoms with Gasteiger partial charge in [-0.15, -0.1) is 24.0 Å². The van der Waals surface area contributed by atoms with Crippen molar-refractivity contribution < 1.29 is 23.8 Å². The fraction of sp³-hybridized carbons (Fsp3) is 0.600. The molecule has 30 heavy (non-hydrogen) atoms. The second kappa shape index (κ2) is 15.1. The largest absolute Gasteiger partial charge is 0.491 e. The van der Waals surface area contributed by atoms with Gasteiger partial charge in [0, 0.05) is 19.6 Å². The fourth-order valence-corrected chi connectivity index (χ4v) is 2.11. The SMILES string of the molecule is CCNC(=NCC(O)COc1ccc(F)cc1)NCCCNC(=O)OC(C)(C)C.I. The van der Waals surface area contributed by atoms with Gasteiger partial charge in [0.1, 0.15) is 29.9 Å². The molecular weight excluding hydrogens is 506 g/mol. The lowest BCUT2D eigenvalue weighted by Crippen LogP contribution is -2.40. The first-order chi connectivity index (χ1) is 13.7. The average molecular weight is 540 g/mol. The van der Waals surface area contributed by atoms with E-state index in [2.05, 4.69) is 20.9 Å². The molecule has 0 bridgehead atoms. The third kappa shape index (κ3) is 14.2. The Labute approximate surface area is 195 Å². The number of amides is 1. The number of carbonyl (C=O) groups is 1. The predicted molar refractivity (Wildman–Crippen MR) is 126 cm³/mol. The van der Waals surface area contributed by atoms with Crippen molar-refractivity contribution in [1.82, 2.24) is 16.0 Å². The van der Waals surface area contributed by atoms with Gasteiger partial charge in [-0.1, -0.05) is 0 Å². The zero-order valence-electron chi connectivity index (χ0n) is 18.0. The van der Waals surface area contributed by atoms with E-state index < -0.39 is 17.8 Å². The fourth-order valence-electron chi connectivity index (χ4n) is 2.11. The molecule has 0 heterocycles. The van der Waals surface area contributed by atoms with Crippen molar-refractivity contribution >= 4 is 36.0 Å². The molecule has 0 aliphatic rings. The van der Waals surface area contributed by atoms with Gasteiger partial charge in [0.05, 0.1) is 6.54 Å². The molecule has 1 rings (SSSR count). The summed E-state index contributed by atoms with van der Waals surface area (Å²) < 4.78 is 23.4. The van der Waals surface area contributed by atoms with Gasteiger partial charge in [0.15, 0.2) is 5.96 Å². The van der Waals surface area contributed by atoms with Crippen LogP contribution in [0.5, 0.6) is 5.75 Å². The topological polar surface area (TPSA) is 104 Å². The first kappa shape index (κ1) is 28.2. The number of carbonyl (C=O) groups excluding carboxylic acids is 1. The minimum atomic E-state index is -0.802. The van der Waals surface area contributed by atoms with Gasteiger partial charge < -0.3 is 30.5 Å². The van der Waals surface area contributed by atoms with Gasteiger partial charge in [-0.3, -0.25) is 4.99 Å². The van der Waals surface area contributed by atoms with Crippen molar-refractivity contribution in [2.45, 2.75) is 45.8 Å². The number of nitrogens with zero attached hydrogens (tertiary/aromatic N) is 1. The van der Waals surface area contributed by atoms with Crippen molar-refractivity contribution in [2.24, 2.45) is 4.99 Å². The molecule has 0 aliphatic carbocycles. The third-order valence-electron chi connectivity index (χ3n) is 3.37. The second-order valence-corrected chi connectivity index (χ2v) is 7.35. The van der Waals surface area contributed by atoms with Crippen molar-refractivity contribution in [3.05, 3.63) is 30.1 Å². The summed E-state index contributed by atoms with van der Waals surface area (Å²) in [4.78, 5) is 15.9. The molecule has 0 saturated carbocycles. The number of hydrogen-bond donors (Lipinski definition) is 4. The molecule has 172 valence electrons. The van der Waals surface area contributed by atoms with E-state index in [-0.39, 0.29) is 42.9 Å². The Balaban J connectivity index is 0.00000841. The van der Waals surface area contributed by atoms with E-state index in [1.165, 1.54) is 24.3 Å². The normalized spacial score (nSPS) is 12.4. The van der Waals surface area contributed by atoms with Crippen molar-refractivity contribution in [3.63, 3.8) is 0 Å². The minimum Gasteiger partial charge on any atom is -0.491 e. The maximum atomic E-state index is 12.9. The van der Waals surface area contributed by atoms with Crippen molar-refractivity contribution in [3.8, 4) is 5.75 Å². The average Bonchev–Trinajstić information content (AvgIpc) is 2.63. The number of benzene rings is 1.